The standard InChI is InChI=1S/C16H24BrClN2O2.ClH/c17-14-3-4-16(15(18)13-14)22-10-2-1-5-19-6-7-20-8-11-21-12-9-20;/h3-4,13,19H,1-2,5-12H2;1H/p-1. The maximum atomic E-state index is 6.10. The molecule has 132 valence electrons. The normalized spacial score (nSPS) is 15.2. The van der Waals surface area contributed by atoms with Gasteiger partial charge in [0, 0.05) is 30.7 Å². The van der Waals surface area contributed by atoms with Crippen molar-refractivity contribution in [3.63, 3.8) is 0 Å². The number of hydrogen-bond acceptors (Lipinski definition) is 4. The van der Waals surface area contributed by atoms with Gasteiger partial charge >= 0.3 is 0 Å². The van der Waals surface area contributed by atoms with E-state index in [0.29, 0.717) is 11.6 Å². The van der Waals surface area contributed by atoms with Gasteiger partial charge in [0.05, 0.1) is 24.8 Å². The number of unbranched alkanes of at least 4 members (excludes halogenated alkanes) is 1. The molecule has 1 aromatic rings. The van der Waals surface area contributed by atoms with E-state index in [1.54, 1.807) is 0 Å². The van der Waals surface area contributed by atoms with Crippen molar-refractivity contribution in [2.24, 2.45) is 0 Å². The first-order valence-electron chi connectivity index (χ1n) is 7.84. The molecule has 1 aliphatic rings. The van der Waals surface area contributed by atoms with Crippen molar-refractivity contribution in [3.8, 4) is 5.75 Å². The van der Waals surface area contributed by atoms with E-state index in [1.807, 2.05) is 18.2 Å². The fourth-order valence-corrected chi connectivity index (χ4v) is 3.04. The van der Waals surface area contributed by atoms with E-state index in [2.05, 4.69) is 26.1 Å². The molecule has 0 saturated carbocycles. The summed E-state index contributed by atoms with van der Waals surface area (Å²) in [5.41, 5.74) is 0. The smallest absolute Gasteiger partial charge is 0.137 e. The van der Waals surface area contributed by atoms with Crippen LogP contribution in [0.5, 0.6) is 5.75 Å². The van der Waals surface area contributed by atoms with Crippen LogP contribution in [0.15, 0.2) is 22.7 Å². The second-order valence-electron chi connectivity index (χ2n) is 5.33. The molecule has 1 heterocycles. The summed E-state index contributed by atoms with van der Waals surface area (Å²) in [6, 6.07) is 5.69. The SMILES string of the molecule is Clc1cc(Br)ccc1OCCCCNCCN1CCOCC1.[Cl-]. The van der Waals surface area contributed by atoms with E-state index in [4.69, 9.17) is 21.1 Å². The van der Waals surface area contributed by atoms with Gasteiger partial charge < -0.3 is 27.2 Å². The zero-order valence-electron chi connectivity index (χ0n) is 13.2. The van der Waals surface area contributed by atoms with E-state index in [1.165, 1.54) is 0 Å². The lowest BCUT2D eigenvalue weighted by molar-refractivity contribution is -0.00000641. The van der Waals surface area contributed by atoms with Crippen LogP contribution in [0.2, 0.25) is 5.02 Å². The molecule has 2 rings (SSSR count). The molecule has 1 fully saturated rings. The maximum absolute atomic E-state index is 6.10. The molecule has 1 saturated heterocycles. The molecule has 4 nitrogen and oxygen atoms in total. The lowest BCUT2D eigenvalue weighted by atomic mass is 10.3. The van der Waals surface area contributed by atoms with Crippen LogP contribution in [0.4, 0.5) is 0 Å². The van der Waals surface area contributed by atoms with Gasteiger partial charge in [-0.2, -0.15) is 0 Å². The fourth-order valence-electron chi connectivity index (χ4n) is 2.31. The van der Waals surface area contributed by atoms with Crippen molar-refractivity contribution in [2.45, 2.75) is 12.8 Å². The predicted molar refractivity (Wildman–Crippen MR) is 94.0 cm³/mol. The highest BCUT2D eigenvalue weighted by atomic mass is 79.9. The van der Waals surface area contributed by atoms with Gasteiger partial charge in [-0.15, -0.1) is 0 Å². The minimum absolute atomic E-state index is 0. The summed E-state index contributed by atoms with van der Waals surface area (Å²) in [4.78, 5) is 2.44. The van der Waals surface area contributed by atoms with Crippen molar-refractivity contribution >= 4 is 27.5 Å². The van der Waals surface area contributed by atoms with Gasteiger partial charge in [0.25, 0.3) is 0 Å². The van der Waals surface area contributed by atoms with Crippen molar-refractivity contribution in [2.75, 3.05) is 52.5 Å². The Morgan fingerprint density at radius 1 is 1.22 bits per heavy atom. The minimum atomic E-state index is 0. The second kappa shape index (κ2) is 12.3. The van der Waals surface area contributed by atoms with Crippen LogP contribution in [0.3, 0.4) is 0 Å². The predicted octanol–water partition coefficient (Wildman–Crippen LogP) is 0.187. The van der Waals surface area contributed by atoms with Gasteiger partial charge in [0.2, 0.25) is 0 Å². The molecule has 1 aromatic carbocycles. The Kier molecular flexibility index (Phi) is 11.3. The highest BCUT2D eigenvalue weighted by molar-refractivity contribution is 9.10. The zero-order chi connectivity index (χ0) is 15.6. The molecule has 0 aliphatic carbocycles. The first kappa shape index (κ1) is 21.0. The van der Waals surface area contributed by atoms with Gasteiger partial charge in [-0.1, -0.05) is 27.5 Å². The summed E-state index contributed by atoms with van der Waals surface area (Å²) >= 11 is 9.49. The van der Waals surface area contributed by atoms with Crippen LogP contribution in [-0.4, -0.2) is 57.4 Å². The Morgan fingerprint density at radius 2 is 2.00 bits per heavy atom. The number of ether oxygens (including phenoxy) is 2. The summed E-state index contributed by atoms with van der Waals surface area (Å²) in [6.45, 7) is 7.74. The first-order chi connectivity index (χ1) is 10.8. The third kappa shape index (κ3) is 8.57. The first-order valence-corrected chi connectivity index (χ1v) is 9.01. The van der Waals surface area contributed by atoms with Crippen LogP contribution in [0.25, 0.3) is 0 Å². The Labute approximate surface area is 158 Å². The average Bonchev–Trinajstić information content (AvgIpc) is 2.52. The number of hydrogen-bond donors (Lipinski definition) is 1. The van der Waals surface area contributed by atoms with Crippen molar-refractivity contribution in [1.29, 1.82) is 0 Å². The molecular formula is C16H24BrCl2N2O2-. The van der Waals surface area contributed by atoms with Crippen molar-refractivity contribution in [1.82, 2.24) is 10.2 Å². The zero-order valence-corrected chi connectivity index (χ0v) is 16.3. The van der Waals surface area contributed by atoms with Crippen LogP contribution in [0, 0.1) is 0 Å². The number of nitrogens with one attached hydrogen (secondary N) is 1. The molecular weight excluding hydrogens is 403 g/mol. The van der Waals surface area contributed by atoms with E-state index < -0.39 is 0 Å². The van der Waals surface area contributed by atoms with Gasteiger partial charge in [-0.3, -0.25) is 4.90 Å². The molecule has 1 N–H and O–H groups in total. The summed E-state index contributed by atoms with van der Waals surface area (Å²) in [7, 11) is 0. The number of halogens is 3. The topological polar surface area (TPSA) is 33.7 Å². The molecule has 0 aromatic heterocycles. The van der Waals surface area contributed by atoms with E-state index in [9.17, 15) is 0 Å². The van der Waals surface area contributed by atoms with Gasteiger partial charge in [-0.25, -0.2) is 0 Å². The minimum Gasteiger partial charge on any atom is -1.00 e. The quantitative estimate of drug-likeness (QED) is 0.571. The van der Waals surface area contributed by atoms with Crippen LogP contribution < -0.4 is 22.5 Å². The van der Waals surface area contributed by atoms with Crippen LogP contribution in [-0.2, 0) is 4.74 Å². The van der Waals surface area contributed by atoms with Crippen LogP contribution in [0.1, 0.15) is 12.8 Å². The summed E-state index contributed by atoms with van der Waals surface area (Å²) in [5, 5.41) is 4.13. The molecule has 0 unspecified atom stereocenters. The molecule has 1 aliphatic heterocycles. The lowest BCUT2D eigenvalue weighted by Gasteiger charge is -2.26. The molecule has 0 bridgehead atoms. The highest BCUT2D eigenvalue weighted by Gasteiger charge is 2.08. The lowest BCUT2D eigenvalue weighted by Crippen LogP contribution is -3.00. The third-order valence-corrected chi connectivity index (χ3v) is 4.40. The number of morpholine rings is 1. The summed E-state index contributed by atoms with van der Waals surface area (Å²) in [6.07, 6.45) is 2.13. The van der Waals surface area contributed by atoms with Crippen molar-refractivity contribution in [3.05, 3.63) is 27.7 Å². The highest BCUT2D eigenvalue weighted by Crippen LogP contribution is 2.27. The van der Waals surface area contributed by atoms with Gasteiger partial charge in [0.1, 0.15) is 5.75 Å². The van der Waals surface area contributed by atoms with Crippen molar-refractivity contribution < 1.29 is 21.9 Å². The molecule has 0 amide bonds. The maximum Gasteiger partial charge on any atom is 0.137 e. The summed E-state index contributed by atoms with van der Waals surface area (Å²) < 4.78 is 12.0. The van der Waals surface area contributed by atoms with Gasteiger partial charge in [-0.05, 0) is 37.6 Å². The fraction of sp³-hybridized carbons (Fsp3) is 0.625. The largest absolute Gasteiger partial charge is 1.00 e. The Bertz CT molecular complexity index is 446. The number of benzene rings is 1. The number of nitrogens with zero attached hydrogens (tertiary/aromatic N) is 1. The van der Waals surface area contributed by atoms with E-state index in [-0.39, 0.29) is 12.4 Å². The summed E-state index contributed by atoms with van der Waals surface area (Å²) in [5.74, 6) is 0.755. The Morgan fingerprint density at radius 3 is 2.74 bits per heavy atom. The second-order valence-corrected chi connectivity index (χ2v) is 6.66. The monoisotopic (exact) mass is 425 g/mol. The molecule has 23 heavy (non-hydrogen) atoms. The van der Waals surface area contributed by atoms with E-state index in [0.717, 1.165) is 69.0 Å². The van der Waals surface area contributed by atoms with Crippen LogP contribution >= 0.6 is 27.5 Å². The van der Waals surface area contributed by atoms with Gasteiger partial charge in [0.15, 0.2) is 0 Å². The average molecular weight is 427 g/mol. The number of rotatable bonds is 9. The van der Waals surface area contributed by atoms with E-state index >= 15 is 0 Å². The molecule has 0 atom stereocenters. The molecule has 0 radical (unpaired) electrons. The molecule has 0 spiro atoms. The third-order valence-electron chi connectivity index (χ3n) is 3.61. The Balaban J connectivity index is 0.00000264. The molecule has 7 heteroatoms. The Hall–Kier alpha value is -0.0400.